The van der Waals surface area contributed by atoms with Crippen LogP contribution >= 0.6 is 0 Å². The molecule has 0 unspecified atom stereocenters. The summed E-state index contributed by atoms with van der Waals surface area (Å²) in [6.45, 7) is 0. The normalized spacial score (nSPS) is 0. The molecule has 0 atom stereocenters. The van der Waals surface area contributed by atoms with Crippen molar-refractivity contribution < 1.29 is 57.6 Å². The van der Waals surface area contributed by atoms with Crippen LogP contribution in [0.4, 0.5) is 0 Å². The summed E-state index contributed by atoms with van der Waals surface area (Å²) in [5, 5.41) is 0. The Kier molecular flexibility index (Phi) is 183. The Morgan fingerprint density at radius 3 is 1.00 bits per heavy atom. The van der Waals surface area contributed by atoms with Gasteiger partial charge >= 0.3 is 0 Å². The van der Waals surface area contributed by atoms with Gasteiger partial charge in [0, 0.05) is 118 Å². The summed E-state index contributed by atoms with van der Waals surface area (Å²) in [6, 6.07) is 0. The molecular formula is CaFeMgMoZn. The zero-order chi connectivity index (χ0) is 0. The van der Waals surface area contributed by atoms with E-state index in [-0.39, 0.29) is 118 Å². The zero-order valence-electron chi connectivity index (χ0n) is 2.88. The van der Waals surface area contributed by atoms with Crippen molar-refractivity contribution in [3.63, 3.8) is 0 Å². The van der Waals surface area contributed by atoms with E-state index in [1.54, 1.807) is 0 Å². The van der Waals surface area contributed by atoms with Crippen LogP contribution in [-0.4, -0.2) is 60.8 Å². The maximum atomic E-state index is 0. The molecule has 5 heavy (non-hydrogen) atoms. The summed E-state index contributed by atoms with van der Waals surface area (Å²) in [5.74, 6) is 0. The van der Waals surface area contributed by atoms with Gasteiger partial charge in [-0.05, 0) is 0 Å². The molecule has 0 saturated heterocycles. The summed E-state index contributed by atoms with van der Waals surface area (Å²) in [6.07, 6.45) is 0. The molecule has 0 aromatic heterocycles. The molecule has 0 aliphatic heterocycles. The fraction of sp³-hybridized carbons (Fsp3) is 0. The fourth-order valence-electron chi connectivity index (χ4n) is 0. The summed E-state index contributed by atoms with van der Waals surface area (Å²) >= 11 is 0. The van der Waals surface area contributed by atoms with Crippen molar-refractivity contribution in [2.75, 3.05) is 0 Å². The van der Waals surface area contributed by atoms with Gasteiger partial charge in [0.15, 0.2) is 0 Å². The Labute approximate surface area is 116 Å². The predicted octanol–water partition coefficient (Wildman–Crippen LogP) is -0.769. The third-order valence-corrected chi connectivity index (χ3v) is 0. The molecule has 0 aliphatic rings. The molecule has 0 saturated carbocycles. The SMILES string of the molecule is [Ca].[Fe].[Mg].[Mo].[Zn]. The second-order valence-corrected chi connectivity index (χ2v) is 0. The Morgan fingerprint density at radius 1 is 1.00 bits per heavy atom. The van der Waals surface area contributed by atoms with Crippen LogP contribution in [0.5, 0.6) is 0 Å². The van der Waals surface area contributed by atoms with Crippen LogP contribution in [0.1, 0.15) is 0 Å². The maximum Gasteiger partial charge on any atom is 0 e. The fourth-order valence-corrected chi connectivity index (χ4v) is 0. The topological polar surface area (TPSA) is 0 Å². The smallest absolute Gasteiger partial charge is 0 e. The van der Waals surface area contributed by atoms with Crippen molar-refractivity contribution in [3.8, 4) is 0 Å². The van der Waals surface area contributed by atoms with E-state index in [1.807, 2.05) is 0 Å². The van der Waals surface area contributed by atoms with Crippen molar-refractivity contribution >= 4 is 60.8 Å². The van der Waals surface area contributed by atoms with Crippen LogP contribution in [0.25, 0.3) is 0 Å². The van der Waals surface area contributed by atoms with Crippen molar-refractivity contribution in [1.29, 1.82) is 0 Å². The molecule has 4 radical (unpaired) electrons. The quantitative estimate of drug-likeness (QED) is 0.512. The van der Waals surface area contributed by atoms with Gasteiger partial charge < -0.3 is 0 Å². The van der Waals surface area contributed by atoms with Crippen molar-refractivity contribution in [2.24, 2.45) is 0 Å². The van der Waals surface area contributed by atoms with Gasteiger partial charge in [0.1, 0.15) is 0 Å². The first-order chi connectivity index (χ1) is 0. The van der Waals surface area contributed by atoms with Gasteiger partial charge in [-0.15, -0.1) is 0 Å². The van der Waals surface area contributed by atoms with Crippen molar-refractivity contribution in [2.45, 2.75) is 0 Å². The van der Waals surface area contributed by atoms with Crippen LogP contribution in [0.3, 0.4) is 0 Å². The van der Waals surface area contributed by atoms with Gasteiger partial charge in [-0.3, -0.25) is 0 Å². The minimum absolute atomic E-state index is 0. The first kappa shape index (κ1) is 36.8. The maximum absolute atomic E-state index is 0. The largest absolute Gasteiger partial charge is 0 e. The standard InChI is InChI=1S/Ca.Fe.Mg.Mo.Zn. The van der Waals surface area contributed by atoms with Gasteiger partial charge in [0.05, 0.1) is 0 Å². The Hall–Kier alpha value is 3.86. The Balaban J connectivity index is 0. The van der Waals surface area contributed by atoms with Gasteiger partial charge in [-0.1, -0.05) is 0 Å². The molecule has 0 heterocycles. The summed E-state index contributed by atoms with van der Waals surface area (Å²) in [5.41, 5.74) is 0. The minimum Gasteiger partial charge on any atom is 0 e. The van der Waals surface area contributed by atoms with E-state index in [2.05, 4.69) is 0 Å². The van der Waals surface area contributed by atoms with Gasteiger partial charge in [0.25, 0.3) is 0 Å². The summed E-state index contributed by atoms with van der Waals surface area (Å²) < 4.78 is 0. The van der Waals surface area contributed by atoms with Crippen molar-refractivity contribution in [3.05, 3.63) is 0 Å². The molecular weight excluding hydrogens is 282 g/mol. The summed E-state index contributed by atoms with van der Waals surface area (Å²) in [7, 11) is 0. The second kappa shape index (κ2) is 24.8. The average molecular weight is 282 g/mol. The third kappa shape index (κ3) is 18.1. The molecule has 0 rings (SSSR count). The molecule has 5 heteroatoms. The van der Waals surface area contributed by atoms with E-state index in [4.69, 9.17) is 0 Å². The van der Waals surface area contributed by atoms with E-state index in [0.717, 1.165) is 0 Å². The number of hydrogen-bond donors (Lipinski definition) is 0. The average Bonchev–Trinajstić information content (AvgIpc) is 0. The van der Waals surface area contributed by atoms with E-state index in [1.165, 1.54) is 0 Å². The first-order valence-electron chi connectivity index (χ1n) is 0. The predicted molar refractivity (Wildman–Crippen MR) is 11.5 cm³/mol. The molecule has 0 fully saturated rings. The van der Waals surface area contributed by atoms with Crippen molar-refractivity contribution in [1.82, 2.24) is 0 Å². The van der Waals surface area contributed by atoms with Gasteiger partial charge in [-0.25, -0.2) is 0 Å². The molecule has 0 bridgehead atoms. The van der Waals surface area contributed by atoms with Gasteiger partial charge in [0.2, 0.25) is 0 Å². The van der Waals surface area contributed by atoms with E-state index >= 15 is 0 Å². The number of rotatable bonds is 0. The van der Waals surface area contributed by atoms with Crippen LogP contribution in [-0.2, 0) is 57.6 Å². The molecule has 0 aliphatic carbocycles. The van der Waals surface area contributed by atoms with E-state index in [9.17, 15) is 0 Å². The van der Waals surface area contributed by atoms with Crippen LogP contribution in [0.15, 0.2) is 0 Å². The molecule has 0 N–H and O–H groups in total. The summed E-state index contributed by atoms with van der Waals surface area (Å²) in [4.78, 5) is 0. The molecule has 0 aromatic carbocycles. The molecule has 0 aromatic rings. The van der Waals surface area contributed by atoms with Crippen LogP contribution < -0.4 is 0 Å². The third-order valence-electron chi connectivity index (χ3n) is 0. The van der Waals surface area contributed by atoms with E-state index in [0.29, 0.717) is 0 Å². The van der Waals surface area contributed by atoms with Crippen LogP contribution in [0.2, 0.25) is 0 Å². The van der Waals surface area contributed by atoms with Gasteiger partial charge in [-0.2, -0.15) is 0 Å². The number of hydrogen-bond acceptors (Lipinski definition) is 0. The molecule has 20 valence electrons. The molecule has 0 amide bonds. The molecule has 0 spiro atoms. The minimum atomic E-state index is 0. The van der Waals surface area contributed by atoms with Crippen LogP contribution in [0, 0.1) is 0 Å². The van der Waals surface area contributed by atoms with E-state index < -0.39 is 0 Å². The zero-order valence-corrected chi connectivity index (χ0v) is 12.6. The monoisotopic (exact) mass is 282 g/mol. The second-order valence-electron chi connectivity index (χ2n) is 0. The molecule has 0 nitrogen and oxygen atoms in total. The Morgan fingerprint density at radius 2 is 1.00 bits per heavy atom. The Bertz CT molecular complexity index is 11.6. The first-order valence-corrected chi connectivity index (χ1v) is 0.